The third kappa shape index (κ3) is 6.58. The molecule has 2 aliphatic heterocycles. The molecule has 2 amide bonds. The normalized spacial score (nSPS) is 15.9. The Kier molecular flexibility index (Phi) is 8.20. The Bertz CT molecular complexity index is 1070. The van der Waals surface area contributed by atoms with E-state index in [9.17, 15) is 9.59 Å². The van der Waals surface area contributed by atoms with Crippen LogP contribution in [-0.4, -0.2) is 77.4 Å². The molecule has 1 saturated heterocycles. The minimum atomic E-state index is -0.562. The van der Waals surface area contributed by atoms with E-state index >= 15 is 0 Å². The fraction of sp³-hybridized carbons (Fsp3) is 0.520. The van der Waals surface area contributed by atoms with Crippen LogP contribution in [0, 0.1) is 0 Å². The second-order valence-electron chi connectivity index (χ2n) is 9.67. The minimum Gasteiger partial charge on any atom is -0.445 e. The summed E-state index contributed by atoms with van der Waals surface area (Å²) in [6, 6.07) is 9.65. The summed E-state index contributed by atoms with van der Waals surface area (Å²) in [6.07, 6.45) is -0.0370. The van der Waals surface area contributed by atoms with E-state index in [1.165, 1.54) is 0 Å². The molecule has 0 spiro atoms. The monoisotopic (exact) mass is 515 g/mol. The zero-order valence-corrected chi connectivity index (χ0v) is 22.0. The first-order valence-corrected chi connectivity index (χ1v) is 12.8. The highest BCUT2D eigenvalue weighted by Gasteiger charge is 2.31. The molecular weight excluding hydrogens is 482 g/mol. The average Bonchev–Trinajstić information content (AvgIpc) is 2.86. The highest BCUT2D eigenvalue weighted by Crippen LogP contribution is 2.30. The van der Waals surface area contributed by atoms with Crippen LogP contribution >= 0.6 is 12.0 Å². The molecule has 194 valence electrons. The number of carbonyl (C=O) groups excluding carboxylic acids is 2. The Labute approximate surface area is 216 Å². The van der Waals surface area contributed by atoms with Gasteiger partial charge in [-0.3, -0.25) is 0 Å². The summed E-state index contributed by atoms with van der Waals surface area (Å²) in [4.78, 5) is 40.2. The van der Waals surface area contributed by atoms with Gasteiger partial charge >= 0.3 is 12.2 Å². The number of hydrogen-bond acceptors (Lipinski definition) is 9. The molecule has 4 rings (SSSR count). The van der Waals surface area contributed by atoms with Gasteiger partial charge in [0.2, 0.25) is 5.16 Å². The smallest absolute Gasteiger partial charge is 0.410 e. The number of carbonyl (C=O) groups is 2. The molecule has 1 aromatic carbocycles. The molecule has 0 N–H and O–H groups in total. The van der Waals surface area contributed by atoms with E-state index in [1.807, 2.05) is 51.1 Å². The maximum Gasteiger partial charge on any atom is 0.410 e. The maximum atomic E-state index is 12.6. The number of nitrogens with zero attached hydrogens (tertiary/aromatic N) is 5. The van der Waals surface area contributed by atoms with Crippen molar-refractivity contribution in [1.29, 1.82) is 0 Å². The van der Waals surface area contributed by atoms with Gasteiger partial charge in [0.05, 0.1) is 31.4 Å². The summed E-state index contributed by atoms with van der Waals surface area (Å²) in [5.74, 6) is 0.834. The summed E-state index contributed by atoms with van der Waals surface area (Å²) in [7, 11) is 1.57. The van der Waals surface area contributed by atoms with Gasteiger partial charge in [0.15, 0.2) is 0 Å². The first kappa shape index (κ1) is 26.0. The Balaban J connectivity index is 1.42. The van der Waals surface area contributed by atoms with Gasteiger partial charge in [0.1, 0.15) is 18.0 Å². The van der Waals surface area contributed by atoms with E-state index in [-0.39, 0.29) is 18.8 Å². The lowest BCUT2D eigenvalue weighted by atomic mass is 10.0. The number of piperazine rings is 1. The quantitative estimate of drug-likeness (QED) is 0.434. The zero-order valence-electron chi connectivity index (χ0n) is 21.2. The Morgan fingerprint density at radius 2 is 1.69 bits per heavy atom. The molecule has 1 aromatic heterocycles. The first-order chi connectivity index (χ1) is 17.2. The standard InChI is InChI=1S/C25H33N5O5S/c1-25(2,3)35-24(32)30-11-10-19-20(16-30)26-22(36-33-4)27-21(19)28-12-14-29(15-13-28)23(31)34-17-18-8-6-5-7-9-18/h5-9H,10-17H2,1-4H3. The number of benzene rings is 1. The highest BCUT2D eigenvalue weighted by molar-refractivity contribution is 7.94. The number of anilines is 1. The molecule has 2 aromatic rings. The molecule has 0 aliphatic carbocycles. The molecule has 10 nitrogen and oxygen atoms in total. The number of hydrogen-bond donors (Lipinski definition) is 0. The summed E-state index contributed by atoms with van der Waals surface area (Å²) in [5, 5.41) is 0.488. The van der Waals surface area contributed by atoms with E-state index in [0.29, 0.717) is 50.8 Å². The topological polar surface area (TPSA) is 97.3 Å². The van der Waals surface area contributed by atoms with Crippen molar-refractivity contribution in [2.24, 2.45) is 0 Å². The fourth-order valence-corrected chi connectivity index (χ4v) is 4.58. The van der Waals surface area contributed by atoms with Crippen molar-refractivity contribution in [1.82, 2.24) is 19.8 Å². The van der Waals surface area contributed by atoms with E-state index in [2.05, 4.69) is 9.88 Å². The molecule has 0 bridgehead atoms. The van der Waals surface area contributed by atoms with Crippen LogP contribution in [0.15, 0.2) is 35.5 Å². The lowest BCUT2D eigenvalue weighted by Gasteiger charge is -2.37. The Hall–Kier alpha value is -3.05. The number of aromatic nitrogens is 2. The summed E-state index contributed by atoms with van der Waals surface area (Å²) >= 11 is 1.09. The lowest BCUT2D eigenvalue weighted by Crippen LogP contribution is -2.50. The molecule has 1 fully saturated rings. The van der Waals surface area contributed by atoms with Gasteiger partial charge in [-0.2, -0.15) is 0 Å². The molecule has 36 heavy (non-hydrogen) atoms. The number of fused-ring (bicyclic) bond motifs is 1. The van der Waals surface area contributed by atoms with Crippen molar-refractivity contribution in [2.45, 2.75) is 51.1 Å². The van der Waals surface area contributed by atoms with Crippen molar-refractivity contribution in [3.8, 4) is 0 Å². The summed E-state index contributed by atoms with van der Waals surface area (Å²) in [5.41, 5.74) is 2.21. The Morgan fingerprint density at radius 1 is 0.972 bits per heavy atom. The second-order valence-corrected chi connectivity index (χ2v) is 10.5. The molecule has 0 unspecified atom stereocenters. The van der Waals surface area contributed by atoms with Gasteiger partial charge in [0.25, 0.3) is 0 Å². The number of rotatable bonds is 5. The van der Waals surface area contributed by atoms with Crippen LogP contribution in [0.1, 0.15) is 37.6 Å². The van der Waals surface area contributed by atoms with E-state index in [0.717, 1.165) is 34.7 Å². The van der Waals surface area contributed by atoms with Crippen LogP contribution in [0.3, 0.4) is 0 Å². The predicted octanol–water partition coefficient (Wildman–Crippen LogP) is 3.88. The van der Waals surface area contributed by atoms with Gasteiger partial charge in [-0.15, -0.1) is 0 Å². The maximum absolute atomic E-state index is 12.6. The van der Waals surface area contributed by atoms with Gasteiger partial charge in [-0.1, -0.05) is 30.3 Å². The second kappa shape index (κ2) is 11.3. The van der Waals surface area contributed by atoms with Gasteiger partial charge in [0, 0.05) is 38.3 Å². The van der Waals surface area contributed by atoms with Gasteiger partial charge in [-0.25, -0.2) is 19.6 Å². The van der Waals surface area contributed by atoms with Crippen molar-refractivity contribution >= 4 is 30.0 Å². The van der Waals surface area contributed by atoms with Crippen LogP contribution < -0.4 is 4.90 Å². The minimum absolute atomic E-state index is 0.255. The molecule has 3 heterocycles. The van der Waals surface area contributed by atoms with Crippen LogP contribution in [0.25, 0.3) is 0 Å². The van der Waals surface area contributed by atoms with Crippen molar-refractivity contribution in [2.75, 3.05) is 44.7 Å². The first-order valence-electron chi connectivity index (χ1n) is 12.0. The summed E-state index contributed by atoms with van der Waals surface area (Å²) < 4.78 is 16.3. The fourth-order valence-electron chi connectivity index (χ4n) is 4.16. The molecule has 0 radical (unpaired) electrons. The number of amides is 2. The molecule has 2 aliphatic rings. The summed E-state index contributed by atoms with van der Waals surface area (Å²) in [6.45, 7) is 9.00. The number of ether oxygens (including phenoxy) is 2. The van der Waals surface area contributed by atoms with E-state index < -0.39 is 5.60 Å². The van der Waals surface area contributed by atoms with Gasteiger partial charge < -0.3 is 28.4 Å². The molecule has 0 atom stereocenters. The predicted molar refractivity (Wildman–Crippen MR) is 136 cm³/mol. The third-order valence-electron chi connectivity index (χ3n) is 5.87. The van der Waals surface area contributed by atoms with Crippen LogP contribution in [0.2, 0.25) is 0 Å². The van der Waals surface area contributed by atoms with E-state index in [1.54, 1.807) is 16.9 Å². The molecule has 0 saturated carbocycles. The third-order valence-corrected chi connectivity index (χ3v) is 6.37. The van der Waals surface area contributed by atoms with Crippen molar-refractivity contribution in [3.63, 3.8) is 0 Å². The van der Waals surface area contributed by atoms with Crippen LogP contribution in [0.4, 0.5) is 15.4 Å². The Morgan fingerprint density at radius 3 is 2.36 bits per heavy atom. The lowest BCUT2D eigenvalue weighted by molar-refractivity contribution is 0.0220. The molecule has 11 heteroatoms. The van der Waals surface area contributed by atoms with Crippen LogP contribution in [-0.2, 0) is 33.2 Å². The average molecular weight is 516 g/mol. The largest absolute Gasteiger partial charge is 0.445 e. The van der Waals surface area contributed by atoms with Crippen molar-refractivity contribution < 1.29 is 23.2 Å². The van der Waals surface area contributed by atoms with Crippen molar-refractivity contribution in [3.05, 3.63) is 47.2 Å². The van der Waals surface area contributed by atoms with E-state index in [4.69, 9.17) is 18.6 Å². The SMILES string of the molecule is COSc1nc2c(c(N3CCN(C(=O)OCc4ccccc4)CC3)n1)CCN(C(=O)OC(C)(C)C)C2. The van der Waals surface area contributed by atoms with Gasteiger partial charge in [-0.05, 0) is 32.8 Å². The van der Waals surface area contributed by atoms with Crippen LogP contribution in [0.5, 0.6) is 0 Å². The molecular formula is C25H33N5O5S. The zero-order chi connectivity index (χ0) is 25.7. The highest BCUT2D eigenvalue weighted by atomic mass is 32.2.